The molecule has 1 aromatic rings. The Hall–Kier alpha value is -2.77. The average Bonchev–Trinajstić information content (AvgIpc) is 2.99. The van der Waals surface area contributed by atoms with Gasteiger partial charge in [-0.25, -0.2) is 9.59 Å². The van der Waals surface area contributed by atoms with Crippen LogP contribution in [-0.2, 0) is 21.0 Å². The molecular weight excluding hydrogens is 340 g/mol. The lowest BCUT2D eigenvalue weighted by Crippen LogP contribution is -2.43. The van der Waals surface area contributed by atoms with Crippen LogP contribution in [0.25, 0.3) is 0 Å². The molecule has 8 nitrogen and oxygen atoms in total. The summed E-state index contributed by atoms with van der Waals surface area (Å²) in [6, 6.07) is 6.31. The summed E-state index contributed by atoms with van der Waals surface area (Å²) in [5.74, 6) is -0.357. The lowest BCUT2D eigenvalue weighted by molar-refractivity contribution is -0.142. The molecular formula is C18H24N2O6. The largest absolute Gasteiger partial charge is 0.497 e. The molecule has 1 aromatic carbocycles. The molecule has 0 spiro atoms. The van der Waals surface area contributed by atoms with Gasteiger partial charge in [0.2, 0.25) is 0 Å². The SMILES string of the molecule is COc1ccc(CO/N=C2/C[C@@H](C(=O)O)N(C(=O)OC(C)(C)C)C2)cc1. The van der Waals surface area contributed by atoms with Crippen LogP contribution in [0.15, 0.2) is 29.4 Å². The molecule has 0 saturated carbocycles. The number of benzene rings is 1. The number of hydrogen-bond acceptors (Lipinski definition) is 6. The highest BCUT2D eigenvalue weighted by atomic mass is 16.6. The molecule has 26 heavy (non-hydrogen) atoms. The lowest BCUT2D eigenvalue weighted by atomic mass is 10.2. The molecule has 1 atom stereocenters. The molecule has 0 aliphatic carbocycles. The van der Waals surface area contributed by atoms with Gasteiger partial charge >= 0.3 is 12.1 Å². The Labute approximate surface area is 152 Å². The summed E-state index contributed by atoms with van der Waals surface area (Å²) in [6.07, 6.45) is -0.567. The molecule has 0 radical (unpaired) electrons. The van der Waals surface area contributed by atoms with Crippen molar-refractivity contribution >= 4 is 17.8 Å². The van der Waals surface area contributed by atoms with E-state index in [1.165, 1.54) is 0 Å². The number of hydrogen-bond donors (Lipinski definition) is 1. The first-order valence-corrected chi connectivity index (χ1v) is 8.22. The molecule has 1 fully saturated rings. The third-order valence-corrected chi connectivity index (χ3v) is 3.66. The molecule has 8 heteroatoms. The first-order valence-electron chi connectivity index (χ1n) is 8.22. The number of ether oxygens (including phenoxy) is 2. The van der Waals surface area contributed by atoms with Gasteiger partial charge in [0.15, 0.2) is 0 Å². The molecule has 1 heterocycles. The van der Waals surface area contributed by atoms with Gasteiger partial charge in [-0.3, -0.25) is 4.90 Å². The summed E-state index contributed by atoms with van der Waals surface area (Å²) in [6.45, 7) is 5.48. The van der Waals surface area contributed by atoms with Crippen LogP contribution in [0.5, 0.6) is 5.75 Å². The van der Waals surface area contributed by atoms with Gasteiger partial charge in [0, 0.05) is 6.42 Å². The first kappa shape index (κ1) is 19.6. The molecule has 1 aliphatic heterocycles. The number of nitrogens with zero attached hydrogens (tertiary/aromatic N) is 2. The predicted octanol–water partition coefficient (Wildman–Crippen LogP) is 2.66. The third-order valence-electron chi connectivity index (χ3n) is 3.66. The summed E-state index contributed by atoms with van der Waals surface area (Å²) in [4.78, 5) is 30.1. The fourth-order valence-corrected chi connectivity index (χ4v) is 2.42. The van der Waals surface area contributed by atoms with Crippen LogP contribution in [0.3, 0.4) is 0 Å². The summed E-state index contributed by atoms with van der Waals surface area (Å²) in [7, 11) is 1.59. The molecule has 0 bridgehead atoms. The topological polar surface area (TPSA) is 97.7 Å². The number of aliphatic carboxylic acids is 1. The van der Waals surface area contributed by atoms with Gasteiger partial charge in [0.1, 0.15) is 24.0 Å². The van der Waals surface area contributed by atoms with Crippen molar-refractivity contribution in [1.29, 1.82) is 0 Å². The summed E-state index contributed by atoms with van der Waals surface area (Å²) in [5.41, 5.74) is 0.675. The highest BCUT2D eigenvalue weighted by Crippen LogP contribution is 2.20. The fraction of sp³-hybridized carbons (Fsp3) is 0.500. The summed E-state index contributed by atoms with van der Waals surface area (Å²) < 4.78 is 10.3. The van der Waals surface area contributed by atoms with Gasteiger partial charge < -0.3 is 19.4 Å². The maximum atomic E-state index is 12.2. The zero-order valence-corrected chi connectivity index (χ0v) is 15.4. The Kier molecular flexibility index (Phi) is 6.07. The molecule has 142 valence electrons. The van der Waals surface area contributed by atoms with E-state index in [9.17, 15) is 14.7 Å². The number of amides is 1. The smallest absolute Gasteiger partial charge is 0.411 e. The minimum Gasteiger partial charge on any atom is -0.497 e. The summed E-state index contributed by atoms with van der Waals surface area (Å²) >= 11 is 0. The Morgan fingerprint density at radius 3 is 2.46 bits per heavy atom. The average molecular weight is 364 g/mol. The first-order chi connectivity index (χ1) is 12.2. The predicted molar refractivity (Wildman–Crippen MR) is 94.2 cm³/mol. The number of carbonyl (C=O) groups is 2. The maximum Gasteiger partial charge on any atom is 0.411 e. The third kappa shape index (κ3) is 5.37. The van der Waals surface area contributed by atoms with Crippen LogP contribution in [0.4, 0.5) is 4.79 Å². The Bertz CT molecular complexity index is 678. The Morgan fingerprint density at radius 1 is 1.27 bits per heavy atom. The highest BCUT2D eigenvalue weighted by molar-refractivity contribution is 5.98. The fourth-order valence-electron chi connectivity index (χ4n) is 2.42. The zero-order valence-electron chi connectivity index (χ0n) is 15.4. The quantitative estimate of drug-likeness (QED) is 0.807. The number of carbonyl (C=O) groups excluding carboxylic acids is 1. The van der Waals surface area contributed by atoms with Crippen molar-refractivity contribution in [3.63, 3.8) is 0 Å². The van der Waals surface area contributed by atoms with Crippen molar-refractivity contribution in [3.8, 4) is 5.75 Å². The van der Waals surface area contributed by atoms with E-state index in [0.29, 0.717) is 5.71 Å². The van der Waals surface area contributed by atoms with E-state index < -0.39 is 23.7 Å². The van der Waals surface area contributed by atoms with Gasteiger partial charge in [0.25, 0.3) is 0 Å². The van der Waals surface area contributed by atoms with Crippen LogP contribution >= 0.6 is 0 Å². The van der Waals surface area contributed by atoms with Crippen molar-refractivity contribution in [1.82, 2.24) is 4.90 Å². The number of methoxy groups -OCH3 is 1. The van der Waals surface area contributed by atoms with E-state index in [1.807, 2.05) is 24.3 Å². The van der Waals surface area contributed by atoms with Crippen molar-refractivity contribution in [2.45, 2.75) is 45.4 Å². The normalized spacial score (nSPS) is 18.7. The van der Waals surface area contributed by atoms with Crippen LogP contribution < -0.4 is 4.74 Å². The van der Waals surface area contributed by atoms with Gasteiger partial charge in [-0.15, -0.1) is 0 Å². The van der Waals surface area contributed by atoms with E-state index >= 15 is 0 Å². The van der Waals surface area contributed by atoms with Crippen LogP contribution in [-0.4, -0.2) is 53.1 Å². The zero-order chi connectivity index (χ0) is 19.3. The standard InChI is InChI=1S/C18H24N2O6/c1-18(2,3)26-17(23)20-10-13(9-15(20)16(21)22)19-25-11-12-5-7-14(24-4)8-6-12/h5-8,15H,9-11H2,1-4H3,(H,21,22)/b19-13-/t15-/m0/s1. The van der Waals surface area contributed by atoms with E-state index in [-0.39, 0.29) is 19.6 Å². The highest BCUT2D eigenvalue weighted by Gasteiger charge is 2.40. The minimum absolute atomic E-state index is 0.0640. The van der Waals surface area contributed by atoms with Crippen LogP contribution in [0.1, 0.15) is 32.8 Å². The van der Waals surface area contributed by atoms with E-state index in [0.717, 1.165) is 16.2 Å². The monoisotopic (exact) mass is 364 g/mol. The molecule has 1 N–H and O–H groups in total. The molecule has 1 aliphatic rings. The second-order valence-electron chi connectivity index (χ2n) is 6.95. The lowest BCUT2D eigenvalue weighted by Gasteiger charge is -2.26. The second-order valence-corrected chi connectivity index (χ2v) is 6.95. The van der Waals surface area contributed by atoms with Crippen molar-refractivity contribution < 1.29 is 29.0 Å². The van der Waals surface area contributed by atoms with Gasteiger partial charge in [-0.1, -0.05) is 17.3 Å². The minimum atomic E-state index is -1.10. The summed E-state index contributed by atoms with van der Waals surface area (Å²) in [5, 5.41) is 13.3. The van der Waals surface area contributed by atoms with Gasteiger partial charge in [0.05, 0.1) is 19.4 Å². The second kappa shape index (κ2) is 8.07. The van der Waals surface area contributed by atoms with E-state index in [2.05, 4.69) is 5.16 Å². The Balaban J connectivity index is 1.97. The van der Waals surface area contributed by atoms with E-state index in [4.69, 9.17) is 14.3 Å². The van der Waals surface area contributed by atoms with Gasteiger partial charge in [-0.2, -0.15) is 0 Å². The molecule has 2 rings (SSSR count). The van der Waals surface area contributed by atoms with Crippen LogP contribution in [0.2, 0.25) is 0 Å². The van der Waals surface area contributed by atoms with Crippen molar-refractivity contribution in [3.05, 3.63) is 29.8 Å². The van der Waals surface area contributed by atoms with Crippen molar-refractivity contribution in [2.75, 3.05) is 13.7 Å². The van der Waals surface area contributed by atoms with E-state index in [1.54, 1.807) is 27.9 Å². The number of likely N-dealkylation sites (tertiary alicyclic amines) is 1. The Morgan fingerprint density at radius 2 is 1.92 bits per heavy atom. The molecule has 1 amide bonds. The maximum absolute atomic E-state index is 12.2. The molecule has 0 aromatic heterocycles. The number of carboxylic acid groups (broad SMARTS) is 1. The van der Waals surface area contributed by atoms with Crippen molar-refractivity contribution in [2.24, 2.45) is 5.16 Å². The van der Waals surface area contributed by atoms with Gasteiger partial charge in [-0.05, 0) is 38.5 Å². The number of oxime groups is 1. The molecule has 0 unspecified atom stereocenters. The molecule has 1 saturated heterocycles. The number of carboxylic acids is 1. The van der Waals surface area contributed by atoms with Crippen LogP contribution in [0, 0.1) is 0 Å². The number of rotatable bonds is 5.